The van der Waals surface area contributed by atoms with Crippen molar-refractivity contribution in [2.45, 2.75) is 52.2 Å². The maximum absolute atomic E-state index is 13.8. The molecule has 0 spiro atoms. The van der Waals surface area contributed by atoms with Gasteiger partial charge in [-0.3, -0.25) is 14.4 Å². The number of piperidine rings is 1. The summed E-state index contributed by atoms with van der Waals surface area (Å²) in [6, 6.07) is 7.29. The Bertz CT molecular complexity index is 1680. The second kappa shape index (κ2) is 9.58. The Morgan fingerprint density at radius 2 is 1.88 bits per heavy atom. The van der Waals surface area contributed by atoms with Gasteiger partial charge < -0.3 is 14.8 Å². The van der Waals surface area contributed by atoms with Crippen LogP contribution >= 0.6 is 15.9 Å². The molecule has 0 radical (unpaired) electrons. The Balaban J connectivity index is 1.28. The molecule has 1 aliphatic heterocycles. The van der Waals surface area contributed by atoms with Crippen molar-refractivity contribution in [3.63, 3.8) is 0 Å². The average Bonchev–Trinajstić information content (AvgIpc) is 3.26. The molecule has 1 aliphatic carbocycles. The molecule has 1 N–H and O–H groups in total. The van der Waals surface area contributed by atoms with Crippen LogP contribution < -0.4 is 5.32 Å². The van der Waals surface area contributed by atoms with Gasteiger partial charge in [-0.2, -0.15) is 0 Å². The van der Waals surface area contributed by atoms with Crippen LogP contribution in [0.4, 0.5) is 10.2 Å². The van der Waals surface area contributed by atoms with E-state index in [2.05, 4.69) is 43.1 Å². The number of pyridine rings is 1. The van der Waals surface area contributed by atoms with Crippen LogP contribution in [0.5, 0.6) is 0 Å². The standard InChI is InChI=1S/C29H26BrFN6O3/c1-15(38)21-13-36(22-5-4-17(6-20(21)22)18-11-32-16(2)33-12-18)14-27(39)37-23(9-29(3)10-24(29)37)28(40)35-26-8-19(31)7-25(30)34-26/h4-8,11-13,23-24H,9-10,14H2,1-3H3,(H,34,35,40)/t23-,24+,29-/m0/s1. The monoisotopic (exact) mass is 604 g/mol. The third-order valence-electron chi connectivity index (χ3n) is 7.92. The first kappa shape index (κ1) is 26.2. The summed E-state index contributed by atoms with van der Waals surface area (Å²) in [5.41, 5.74) is 2.80. The van der Waals surface area contributed by atoms with Crippen LogP contribution in [0.3, 0.4) is 0 Å². The number of carbonyl (C=O) groups excluding carboxylic acids is 3. The van der Waals surface area contributed by atoms with Crippen molar-refractivity contribution in [2.24, 2.45) is 5.41 Å². The Kier molecular flexibility index (Phi) is 6.29. The molecule has 1 saturated heterocycles. The molecule has 0 unspecified atom stereocenters. The van der Waals surface area contributed by atoms with Crippen molar-refractivity contribution < 1.29 is 18.8 Å². The Labute approximate surface area is 238 Å². The molecule has 2 aliphatic rings. The highest BCUT2D eigenvalue weighted by Gasteiger charge is 2.64. The van der Waals surface area contributed by atoms with Gasteiger partial charge in [-0.05, 0) is 65.7 Å². The molecule has 3 atom stereocenters. The van der Waals surface area contributed by atoms with Gasteiger partial charge in [-0.15, -0.1) is 0 Å². The van der Waals surface area contributed by atoms with E-state index in [0.29, 0.717) is 17.8 Å². The summed E-state index contributed by atoms with van der Waals surface area (Å²) in [7, 11) is 0. The number of aromatic nitrogens is 4. The fourth-order valence-electron chi connectivity index (χ4n) is 5.76. The number of aryl methyl sites for hydroxylation is 1. The van der Waals surface area contributed by atoms with E-state index in [0.717, 1.165) is 34.5 Å². The zero-order valence-corrected chi connectivity index (χ0v) is 23.7. The number of halogens is 2. The second-order valence-electron chi connectivity index (χ2n) is 10.9. The Hall–Kier alpha value is -3.99. The molecular formula is C29H26BrFN6O3. The first-order chi connectivity index (χ1) is 19.0. The van der Waals surface area contributed by atoms with E-state index in [1.54, 1.807) is 28.1 Å². The van der Waals surface area contributed by atoms with Gasteiger partial charge in [0.1, 0.15) is 34.6 Å². The molecule has 40 heavy (non-hydrogen) atoms. The summed E-state index contributed by atoms with van der Waals surface area (Å²) in [5, 5.41) is 3.40. The number of benzene rings is 1. The number of ketones is 1. The first-order valence-corrected chi connectivity index (χ1v) is 13.7. The van der Waals surface area contributed by atoms with Gasteiger partial charge in [0.2, 0.25) is 11.8 Å². The molecule has 6 rings (SSSR count). The van der Waals surface area contributed by atoms with Crippen LogP contribution in [0.25, 0.3) is 22.0 Å². The van der Waals surface area contributed by atoms with Crippen molar-refractivity contribution in [3.8, 4) is 11.1 Å². The molecule has 2 amide bonds. The van der Waals surface area contributed by atoms with Gasteiger partial charge >= 0.3 is 0 Å². The molecule has 4 aromatic rings. The van der Waals surface area contributed by atoms with E-state index in [1.807, 2.05) is 25.1 Å². The van der Waals surface area contributed by atoms with E-state index in [1.165, 1.54) is 13.0 Å². The molecule has 11 heteroatoms. The predicted molar refractivity (Wildman–Crippen MR) is 150 cm³/mol. The molecular weight excluding hydrogens is 579 g/mol. The Morgan fingerprint density at radius 1 is 1.12 bits per heavy atom. The molecule has 2 fully saturated rings. The predicted octanol–water partition coefficient (Wildman–Crippen LogP) is 4.92. The van der Waals surface area contributed by atoms with Crippen LogP contribution in [0.1, 0.15) is 42.9 Å². The lowest BCUT2D eigenvalue weighted by molar-refractivity contribution is -0.138. The number of nitrogens with zero attached hydrogens (tertiary/aromatic N) is 5. The largest absolute Gasteiger partial charge is 0.337 e. The molecule has 1 aromatic carbocycles. The van der Waals surface area contributed by atoms with Crippen LogP contribution in [-0.2, 0) is 16.1 Å². The highest BCUT2D eigenvalue weighted by Crippen LogP contribution is 2.59. The van der Waals surface area contributed by atoms with Crippen molar-refractivity contribution in [3.05, 3.63) is 70.7 Å². The number of Topliss-reactive ketones (excluding diaryl/α,β-unsaturated/α-hetero) is 1. The number of hydrogen-bond acceptors (Lipinski definition) is 6. The SMILES string of the molecule is CC(=O)c1cn(CC(=O)N2[C@H](C(=O)Nc3cc(F)cc(Br)n3)C[C@@]3(C)C[C@@H]23)c2ccc(-c3cnc(C)nc3)cc12. The number of hydrogen-bond donors (Lipinski definition) is 1. The van der Waals surface area contributed by atoms with E-state index < -0.39 is 17.8 Å². The van der Waals surface area contributed by atoms with Gasteiger partial charge in [-0.1, -0.05) is 13.0 Å². The fraction of sp³-hybridized carbons (Fsp3) is 0.310. The number of carbonyl (C=O) groups is 3. The minimum absolute atomic E-state index is 0.0309. The quantitative estimate of drug-likeness (QED) is 0.247. The highest BCUT2D eigenvalue weighted by molar-refractivity contribution is 9.10. The third kappa shape index (κ3) is 4.68. The summed E-state index contributed by atoms with van der Waals surface area (Å²) in [4.78, 5) is 53.9. The lowest BCUT2D eigenvalue weighted by Gasteiger charge is -2.27. The number of anilines is 1. The molecule has 4 heterocycles. The third-order valence-corrected chi connectivity index (χ3v) is 8.32. The lowest BCUT2D eigenvalue weighted by atomic mass is 10.0. The summed E-state index contributed by atoms with van der Waals surface area (Å²) < 4.78 is 15.9. The zero-order valence-electron chi connectivity index (χ0n) is 22.1. The van der Waals surface area contributed by atoms with Gasteiger partial charge in [0.05, 0.1) is 0 Å². The number of nitrogens with one attached hydrogen (secondary N) is 1. The summed E-state index contributed by atoms with van der Waals surface area (Å²) in [6.45, 7) is 5.35. The fourth-order valence-corrected chi connectivity index (χ4v) is 6.17. The average molecular weight is 605 g/mol. The minimum Gasteiger partial charge on any atom is -0.337 e. The first-order valence-electron chi connectivity index (χ1n) is 12.9. The molecule has 1 saturated carbocycles. The van der Waals surface area contributed by atoms with Crippen LogP contribution in [-0.4, -0.2) is 54.1 Å². The van der Waals surface area contributed by atoms with E-state index in [-0.39, 0.29) is 40.1 Å². The van der Waals surface area contributed by atoms with Crippen molar-refractivity contribution in [1.29, 1.82) is 0 Å². The Morgan fingerprint density at radius 3 is 2.58 bits per heavy atom. The van der Waals surface area contributed by atoms with E-state index in [4.69, 9.17) is 0 Å². The highest BCUT2D eigenvalue weighted by atomic mass is 79.9. The van der Waals surface area contributed by atoms with Crippen LogP contribution in [0, 0.1) is 18.2 Å². The molecule has 3 aromatic heterocycles. The van der Waals surface area contributed by atoms with Gasteiger partial charge in [-0.25, -0.2) is 19.3 Å². The summed E-state index contributed by atoms with van der Waals surface area (Å²) in [5.74, 6) is -0.533. The molecule has 204 valence electrons. The molecule has 0 bridgehead atoms. The van der Waals surface area contributed by atoms with Gasteiger partial charge in [0.15, 0.2) is 5.78 Å². The van der Waals surface area contributed by atoms with Gasteiger partial charge in [0.25, 0.3) is 0 Å². The molecule has 9 nitrogen and oxygen atoms in total. The van der Waals surface area contributed by atoms with E-state index >= 15 is 0 Å². The van der Waals surface area contributed by atoms with Crippen LogP contribution in [0.2, 0.25) is 0 Å². The second-order valence-corrected chi connectivity index (χ2v) is 11.7. The maximum atomic E-state index is 13.8. The van der Waals surface area contributed by atoms with Crippen LogP contribution in [0.15, 0.2) is 53.5 Å². The smallest absolute Gasteiger partial charge is 0.248 e. The van der Waals surface area contributed by atoms with E-state index in [9.17, 15) is 18.8 Å². The summed E-state index contributed by atoms with van der Waals surface area (Å²) >= 11 is 3.14. The van der Waals surface area contributed by atoms with Crippen molar-refractivity contribution in [2.75, 3.05) is 5.32 Å². The minimum atomic E-state index is -0.706. The van der Waals surface area contributed by atoms with Gasteiger partial charge in [0, 0.05) is 58.8 Å². The topological polar surface area (TPSA) is 110 Å². The number of fused-ring (bicyclic) bond motifs is 2. The van der Waals surface area contributed by atoms with Crippen molar-refractivity contribution >= 4 is 50.2 Å². The number of likely N-dealkylation sites (tertiary alicyclic amines) is 1. The maximum Gasteiger partial charge on any atom is 0.248 e. The number of amides is 2. The lowest BCUT2D eigenvalue weighted by Crippen LogP contribution is -2.46. The van der Waals surface area contributed by atoms with Crippen molar-refractivity contribution in [1.82, 2.24) is 24.4 Å². The normalized spacial score (nSPS) is 21.4. The number of rotatable bonds is 6. The summed E-state index contributed by atoms with van der Waals surface area (Å²) in [6.07, 6.45) is 6.51. The zero-order chi connectivity index (χ0) is 28.3.